The molecule has 4 nitrogen and oxygen atoms in total. The SMILES string of the molecule is Cc1cc(C)cc(NC2=CC(=O)N(c3cc(C)cc(C)c3)C2=O)c1. The highest BCUT2D eigenvalue weighted by Crippen LogP contribution is 2.26. The maximum atomic E-state index is 12.7. The zero-order chi connectivity index (χ0) is 17.4. The van der Waals surface area contributed by atoms with E-state index in [-0.39, 0.29) is 11.8 Å². The molecule has 0 spiro atoms. The van der Waals surface area contributed by atoms with Gasteiger partial charge < -0.3 is 5.32 Å². The Morgan fingerprint density at radius 3 is 1.79 bits per heavy atom. The van der Waals surface area contributed by atoms with Crippen LogP contribution in [-0.2, 0) is 9.59 Å². The summed E-state index contributed by atoms with van der Waals surface area (Å²) in [6, 6.07) is 11.7. The Hall–Kier alpha value is -2.88. The summed E-state index contributed by atoms with van der Waals surface area (Å²) in [5.41, 5.74) is 5.94. The highest BCUT2D eigenvalue weighted by Gasteiger charge is 2.32. The molecule has 1 aliphatic rings. The van der Waals surface area contributed by atoms with E-state index in [9.17, 15) is 9.59 Å². The second kappa shape index (κ2) is 5.96. The van der Waals surface area contributed by atoms with E-state index < -0.39 is 0 Å². The fourth-order valence-corrected chi connectivity index (χ4v) is 3.09. The van der Waals surface area contributed by atoms with E-state index in [1.165, 1.54) is 11.0 Å². The van der Waals surface area contributed by atoms with Gasteiger partial charge in [-0.1, -0.05) is 12.1 Å². The lowest BCUT2D eigenvalue weighted by molar-refractivity contribution is -0.120. The van der Waals surface area contributed by atoms with Crippen molar-refractivity contribution in [1.29, 1.82) is 0 Å². The lowest BCUT2D eigenvalue weighted by atomic mass is 10.1. The molecule has 24 heavy (non-hydrogen) atoms. The van der Waals surface area contributed by atoms with Crippen molar-refractivity contribution in [3.63, 3.8) is 0 Å². The molecule has 1 aliphatic heterocycles. The smallest absolute Gasteiger partial charge is 0.281 e. The van der Waals surface area contributed by atoms with Crippen LogP contribution in [0.4, 0.5) is 11.4 Å². The number of nitrogens with zero attached hydrogens (tertiary/aromatic N) is 1. The van der Waals surface area contributed by atoms with Crippen LogP contribution >= 0.6 is 0 Å². The minimum Gasteiger partial charge on any atom is -0.351 e. The molecule has 0 aromatic heterocycles. The van der Waals surface area contributed by atoms with Crippen molar-refractivity contribution in [3.8, 4) is 0 Å². The molecule has 0 saturated carbocycles. The molecule has 0 radical (unpaired) electrons. The summed E-state index contributed by atoms with van der Waals surface area (Å²) >= 11 is 0. The number of benzene rings is 2. The molecule has 1 heterocycles. The standard InChI is InChI=1S/C20H20N2O2/c1-12-5-13(2)8-16(7-12)21-18-11-19(23)22(20(18)24)17-9-14(3)6-15(4)10-17/h5-11,21H,1-4H3. The summed E-state index contributed by atoms with van der Waals surface area (Å²) < 4.78 is 0. The lowest BCUT2D eigenvalue weighted by Gasteiger charge is -2.17. The van der Waals surface area contributed by atoms with Crippen LogP contribution in [0.2, 0.25) is 0 Å². The molecule has 0 aliphatic carbocycles. The maximum absolute atomic E-state index is 12.7. The first kappa shape index (κ1) is 16.0. The summed E-state index contributed by atoms with van der Waals surface area (Å²) in [5.74, 6) is -0.652. The van der Waals surface area contributed by atoms with Gasteiger partial charge >= 0.3 is 0 Å². The first-order valence-corrected chi connectivity index (χ1v) is 7.87. The second-order valence-corrected chi connectivity index (χ2v) is 6.38. The fourth-order valence-electron chi connectivity index (χ4n) is 3.09. The van der Waals surface area contributed by atoms with Gasteiger partial charge in [0.1, 0.15) is 5.70 Å². The van der Waals surface area contributed by atoms with Crippen LogP contribution in [0.25, 0.3) is 0 Å². The topological polar surface area (TPSA) is 49.4 Å². The Kier molecular flexibility index (Phi) is 3.97. The molecule has 2 aromatic rings. The highest BCUT2D eigenvalue weighted by atomic mass is 16.2. The van der Waals surface area contributed by atoms with E-state index in [4.69, 9.17) is 0 Å². The Labute approximate surface area is 141 Å². The van der Waals surface area contributed by atoms with Gasteiger partial charge in [-0.3, -0.25) is 9.59 Å². The average molecular weight is 320 g/mol. The number of nitrogens with one attached hydrogen (secondary N) is 1. The van der Waals surface area contributed by atoms with Gasteiger partial charge in [0.05, 0.1) is 5.69 Å². The summed E-state index contributed by atoms with van der Waals surface area (Å²) in [7, 11) is 0. The first-order valence-electron chi connectivity index (χ1n) is 7.87. The summed E-state index contributed by atoms with van der Waals surface area (Å²) in [6.07, 6.45) is 1.36. The van der Waals surface area contributed by atoms with Crippen LogP contribution in [0.15, 0.2) is 48.2 Å². The van der Waals surface area contributed by atoms with Gasteiger partial charge in [-0.2, -0.15) is 0 Å². The van der Waals surface area contributed by atoms with Crippen LogP contribution in [0, 0.1) is 27.7 Å². The van der Waals surface area contributed by atoms with E-state index in [1.807, 2.05) is 58.0 Å². The Bertz CT molecular complexity index is 841. The molecule has 122 valence electrons. The third-order valence-corrected chi connectivity index (χ3v) is 3.89. The third-order valence-electron chi connectivity index (χ3n) is 3.89. The van der Waals surface area contributed by atoms with Crippen molar-refractivity contribution in [2.75, 3.05) is 10.2 Å². The van der Waals surface area contributed by atoms with Crippen molar-refractivity contribution in [2.24, 2.45) is 0 Å². The number of hydrogen-bond acceptors (Lipinski definition) is 3. The molecule has 0 bridgehead atoms. The van der Waals surface area contributed by atoms with Crippen molar-refractivity contribution in [3.05, 3.63) is 70.4 Å². The molecular weight excluding hydrogens is 300 g/mol. The number of carbonyl (C=O) groups excluding carboxylic acids is 2. The van der Waals surface area contributed by atoms with Gasteiger partial charge in [-0.05, 0) is 74.2 Å². The monoisotopic (exact) mass is 320 g/mol. The molecule has 0 atom stereocenters. The number of hydrogen-bond donors (Lipinski definition) is 1. The molecule has 2 aromatic carbocycles. The number of rotatable bonds is 3. The van der Waals surface area contributed by atoms with Gasteiger partial charge in [0, 0.05) is 11.8 Å². The predicted octanol–water partition coefficient (Wildman–Crippen LogP) is 3.79. The van der Waals surface area contributed by atoms with Gasteiger partial charge in [0.25, 0.3) is 11.8 Å². The maximum Gasteiger partial charge on any atom is 0.281 e. The van der Waals surface area contributed by atoms with Gasteiger partial charge in [0.2, 0.25) is 0 Å². The summed E-state index contributed by atoms with van der Waals surface area (Å²) in [4.78, 5) is 26.2. The predicted molar refractivity (Wildman–Crippen MR) is 96.0 cm³/mol. The summed E-state index contributed by atoms with van der Waals surface area (Å²) in [6.45, 7) is 7.89. The second-order valence-electron chi connectivity index (χ2n) is 6.38. The largest absolute Gasteiger partial charge is 0.351 e. The highest BCUT2D eigenvalue weighted by molar-refractivity contribution is 6.31. The van der Waals surface area contributed by atoms with E-state index in [1.54, 1.807) is 0 Å². The van der Waals surface area contributed by atoms with E-state index in [0.717, 1.165) is 27.9 Å². The van der Waals surface area contributed by atoms with Crippen molar-refractivity contribution < 1.29 is 9.59 Å². The molecule has 0 fully saturated rings. The lowest BCUT2D eigenvalue weighted by Crippen LogP contribution is -2.32. The van der Waals surface area contributed by atoms with Crippen molar-refractivity contribution in [2.45, 2.75) is 27.7 Å². The third kappa shape index (κ3) is 3.08. The number of imide groups is 1. The quantitative estimate of drug-likeness (QED) is 0.875. The zero-order valence-electron chi connectivity index (χ0n) is 14.3. The van der Waals surface area contributed by atoms with E-state index >= 15 is 0 Å². The van der Waals surface area contributed by atoms with E-state index in [2.05, 4.69) is 11.4 Å². The number of anilines is 2. The van der Waals surface area contributed by atoms with Crippen molar-refractivity contribution in [1.82, 2.24) is 0 Å². The minimum absolute atomic E-state index is 0.296. The van der Waals surface area contributed by atoms with Crippen LogP contribution in [0.1, 0.15) is 22.3 Å². The molecule has 4 heteroatoms. The number of amides is 2. The first-order chi connectivity index (χ1) is 11.3. The molecule has 1 N–H and O–H groups in total. The zero-order valence-corrected chi connectivity index (χ0v) is 14.3. The van der Waals surface area contributed by atoms with Gasteiger partial charge in [-0.15, -0.1) is 0 Å². The van der Waals surface area contributed by atoms with Gasteiger partial charge in [0.15, 0.2) is 0 Å². The minimum atomic E-state index is -0.329. The number of aryl methyl sites for hydroxylation is 4. The molecule has 2 amide bonds. The molecule has 0 saturated heterocycles. The Morgan fingerprint density at radius 1 is 0.750 bits per heavy atom. The average Bonchev–Trinajstić information content (AvgIpc) is 2.71. The van der Waals surface area contributed by atoms with Crippen LogP contribution < -0.4 is 10.2 Å². The molecule has 3 rings (SSSR count). The molecule has 0 unspecified atom stereocenters. The Balaban J connectivity index is 1.89. The number of carbonyl (C=O) groups is 2. The normalized spacial score (nSPS) is 14.2. The van der Waals surface area contributed by atoms with Crippen LogP contribution in [-0.4, -0.2) is 11.8 Å². The van der Waals surface area contributed by atoms with Crippen LogP contribution in [0.5, 0.6) is 0 Å². The fraction of sp³-hybridized carbons (Fsp3) is 0.200. The van der Waals surface area contributed by atoms with Crippen molar-refractivity contribution >= 4 is 23.2 Å². The summed E-state index contributed by atoms with van der Waals surface area (Å²) in [5, 5.41) is 3.08. The molecular formula is C20H20N2O2. The van der Waals surface area contributed by atoms with Gasteiger partial charge in [-0.25, -0.2) is 4.90 Å². The van der Waals surface area contributed by atoms with E-state index in [0.29, 0.717) is 11.4 Å². The Morgan fingerprint density at radius 2 is 1.25 bits per heavy atom. The van der Waals surface area contributed by atoms with Crippen LogP contribution in [0.3, 0.4) is 0 Å².